The highest BCUT2D eigenvalue weighted by Crippen LogP contribution is 2.40. The van der Waals surface area contributed by atoms with Crippen molar-refractivity contribution in [2.24, 2.45) is 0 Å². The zero-order valence-corrected chi connectivity index (χ0v) is 15.8. The van der Waals surface area contributed by atoms with Crippen molar-refractivity contribution in [2.45, 2.75) is 11.4 Å². The fourth-order valence-electron chi connectivity index (χ4n) is 2.83. The van der Waals surface area contributed by atoms with Gasteiger partial charge in [0.15, 0.2) is 11.9 Å². The van der Waals surface area contributed by atoms with Crippen molar-refractivity contribution < 1.29 is 14.8 Å². The predicted octanol–water partition coefficient (Wildman–Crippen LogP) is 3.30. The summed E-state index contributed by atoms with van der Waals surface area (Å²) >= 11 is 1.35. The zero-order chi connectivity index (χ0) is 20.4. The second-order valence-electron chi connectivity index (χ2n) is 6.02. The monoisotopic (exact) mass is 408 g/mol. The summed E-state index contributed by atoms with van der Waals surface area (Å²) in [4.78, 5) is 14.9. The molecule has 0 amide bonds. The van der Waals surface area contributed by atoms with Gasteiger partial charge in [0.1, 0.15) is 0 Å². The van der Waals surface area contributed by atoms with Crippen LogP contribution >= 0.6 is 11.8 Å². The number of nitro groups is 1. The molecule has 0 bridgehead atoms. The van der Waals surface area contributed by atoms with E-state index in [-0.39, 0.29) is 5.88 Å². The third kappa shape index (κ3) is 3.69. The van der Waals surface area contributed by atoms with Crippen molar-refractivity contribution >= 4 is 23.1 Å². The number of nitrogens with one attached hydrogen (secondary N) is 1. The van der Waals surface area contributed by atoms with Gasteiger partial charge in [0.25, 0.3) is 5.69 Å². The molecule has 0 aliphatic carbocycles. The van der Waals surface area contributed by atoms with E-state index in [2.05, 4.69) is 27.1 Å². The van der Waals surface area contributed by atoms with Crippen LogP contribution in [0.1, 0.15) is 11.8 Å². The van der Waals surface area contributed by atoms with Gasteiger partial charge >= 0.3 is 0 Å². The third-order valence-corrected chi connectivity index (χ3v) is 4.98. The highest BCUT2D eigenvalue weighted by molar-refractivity contribution is 7.99. The number of aromatic nitrogens is 3. The Morgan fingerprint density at radius 1 is 1.28 bits per heavy atom. The molecule has 0 radical (unpaired) electrons. The van der Waals surface area contributed by atoms with E-state index in [1.165, 1.54) is 23.9 Å². The molecule has 2 aromatic carbocycles. The van der Waals surface area contributed by atoms with Gasteiger partial charge in [0.2, 0.25) is 11.0 Å². The molecule has 4 rings (SSSR count). The van der Waals surface area contributed by atoms with Gasteiger partial charge in [-0.25, -0.2) is 0 Å². The molecule has 146 valence electrons. The van der Waals surface area contributed by atoms with Gasteiger partial charge in [-0.3, -0.25) is 10.1 Å². The number of anilines is 1. The average molecular weight is 408 g/mol. The number of hydrogen-bond donors (Lipinski definition) is 1. The molecule has 0 unspecified atom stereocenters. The standard InChI is InChI=1S/C19H15N5O4S/c1-2-9-29-19-21-18-16(22-23-19)12-5-3-4-6-13(12)20-17(28-18)11-7-8-15(25)14(10-11)24(26)27/h2-8,10,17,20,25H,1,9H2/p-1/t17-/m0/s1. The topological polar surface area (TPSA) is 126 Å². The van der Waals surface area contributed by atoms with E-state index in [0.717, 1.165) is 11.6 Å². The lowest BCUT2D eigenvalue weighted by Gasteiger charge is -2.20. The van der Waals surface area contributed by atoms with E-state index < -0.39 is 22.6 Å². The molecule has 3 aromatic rings. The molecule has 9 nitrogen and oxygen atoms in total. The number of thioether (sulfide) groups is 1. The molecule has 2 heterocycles. The minimum atomic E-state index is -0.814. The van der Waals surface area contributed by atoms with Gasteiger partial charge in [0.05, 0.1) is 4.92 Å². The van der Waals surface area contributed by atoms with Crippen LogP contribution in [0.5, 0.6) is 11.6 Å². The minimum Gasteiger partial charge on any atom is -0.868 e. The molecule has 1 N–H and O–H groups in total. The molecule has 10 heteroatoms. The lowest BCUT2D eigenvalue weighted by molar-refractivity contribution is -0.398. The van der Waals surface area contributed by atoms with Gasteiger partial charge in [-0.05, 0) is 11.8 Å². The number of benzene rings is 2. The molecule has 0 spiro atoms. The third-order valence-electron chi connectivity index (χ3n) is 4.15. The highest BCUT2D eigenvalue weighted by Gasteiger charge is 2.27. The lowest BCUT2D eigenvalue weighted by Crippen LogP contribution is -2.17. The van der Waals surface area contributed by atoms with Crippen LogP contribution in [0.25, 0.3) is 11.3 Å². The van der Waals surface area contributed by atoms with E-state index in [0.29, 0.717) is 27.9 Å². The van der Waals surface area contributed by atoms with Crippen LogP contribution in [-0.2, 0) is 0 Å². The average Bonchev–Trinajstić information content (AvgIpc) is 2.88. The first-order valence-electron chi connectivity index (χ1n) is 8.53. The van der Waals surface area contributed by atoms with Crippen molar-refractivity contribution in [1.29, 1.82) is 0 Å². The summed E-state index contributed by atoms with van der Waals surface area (Å²) in [5.74, 6) is 0.179. The number of ether oxygens (including phenoxy) is 1. The van der Waals surface area contributed by atoms with Crippen LogP contribution < -0.4 is 15.2 Å². The van der Waals surface area contributed by atoms with Crippen LogP contribution in [0, 0.1) is 10.1 Å². The van der Waals surface area contributed by atoms with Crippen molar-refractivity contribution in [2.75, 3.05) is 11.1 Å². The van der Waals surface area contributed by atoms with Crippen LogP contribution in [0.4, 0.5) is 11.4 Å². The van der Waals surface area contributed by atoms with Crippen molar-refractivity contribution in [3.8, 4) is 22.9 Å². The number of nitrogens with zero attached hydrogens (tertiary/aromatic N) is 4. The Labute approximate surface area is 169 Å². The number of para-hydroxylation sites is 1. The first kappa shape index (κ1) is 18.7. The number of rotatable bonds is 5. The SMILES string of the molecule is C=CCSc1nnc2c(n1)O[C@@H](c1ccc([O-])c([N+](=O)[O-])c1)Nc1ccccc1-2. The highest BCUT2D eigenvalue weighted by atomic mass is 32.2. The van der Waals surface area contributed by atoms with E-state index in [1.54, 1.807) is 6.08 Å². The molecular formula is C19H14N5O4S-. The van der Waals surface area contributed by atoms with Gasteiger partial charge in [-0.2, -0.15) is 4.98 Å². The van der Waals surface area contributed by atoms with E-state index in [4.69, 9.17) is 4.74 Å². The summed E-state index contributed by atoms with van der Waals surface area (Å²) in [5.41, 5.74) is 1.79. The molecule has 1 aliphatic rings. The summed E-state index contributed by atoms with van der Waals surface area (Å²) in [5, 5.41) is 34.9. The van der Waals surface area contributed by atoms with Crippen LogP contribution in [-0.4, -0.2) is 25.9 Å². The molecule has 0 saturated heterocycles. The predicted molar refractivity (Wildman–Crippen MR) is 106 cm³/mol. The molecule has 0 fully saturated rings. The van der Waals surface area contributed by atoms with Gasteiger partial charge in [0, 0.05) is 28.6 Å². The van der Waals surface area contributed by atoms with Crippen molar-refractivity contribution in [1.82, 2.24) is 15.2 Å². The van der Waals surface area contributed by atoms with Crippen LogP contribution in [0.2, 0.25) is 0 Å². The summed E-state index contributed by atoms with van der Waals surface area (Å²) < 4.78 is 6.03. The van der Waals surface area contributed by atoms with Gasteiger partial charge in [-0.1, -0.05) is 48.2 Å². The molecule has 29 heavy (non-hydrogen) atoms. The quantitative estimate of drug-likeness (QED) is 0.293. The van der Waals surface area contributed by atoms with Crippen LogP contribution in [0.15, 0.2) is 60.3 Å². The van der Waals surface area contributed by atoms with Crippen molar-refractivity contribution in [3.63, 3.8) is 0 Å². The van der Waals surface area contributed by atoms with E-state index in [1.807, 2.05) is 24.3 Å². The normalized spacial score (nSPS) is 14.6. The Kier molecular flexibility index (Phi) is 5.00. The molecule has 1 atom stereocenters. The minimum absolute atomic E-state index is 0.239. The maximum atomic E-state index is 11.8. The molecular weight excluding hydrogens is 394 g/mol. The summed E-state index contributed by atoms with van der Waals surface area (Å²) in [7, 11) is 0. The van der Waals surface area contributed by atoms with Gasteiger partial charge < -0.3 is 15.2 Å². The van der Waals surface area contributed by atoms with Crippen LogP contribution in [0.3, 0.4) is 0 Å². The Bertz CT molecular complexity index is 1110. The maximum absolute atomic E-state index is 11.8. The molecule has 0 saturated carbocycles. The maximum Gasteiger partial charge on any atom is 0.262 e. The largest absolute Gasteiger partial charge is 0.868 e. The Hall–Kier alpha value is -3.66. The summed E-state index contributed by atoms with van der Waals surface area (Å²) in [6.07, 6.45) is 0.912. The fraction of sp³-hybridized carbons (Fsp3) is 0.105. The van der Waals surface area contributed by atoms with Gasteiger partial charge in [-0.15, -0.1) is 16.8 Å². The Balaban J connectivity index is 1.81. The second kappa shape index (κ2) is 7.76. The van der Waals surface area contributed by atoms with E-state index >= 15 is 0 Å². The first-order chi connectivity index (χ1) is 14.1. The Morgan fingerprint density at radius 3 is 2.90 bits per heavy atom. The number of fused-ring (bicyclic) bond motifs is 3. The summed E-state index contributed by atoms with van der Waals surface area (Å²) in [6.45, 7) is 3.67. The first-order valence-corrected chi connectivity index (χ1v) is 9.51. The molecule has 1 aliphatic heterocycles. The fourth-order valence-corrected chi connectivity index (χ4v) is 3.35. The zero-order valence-electron chi connectivity index (χ0n) is 14.9. The lowest BCUT2D eigenvalue weighted by atomic mass is 10.1. The molecule has 1 aromatic heterocycles. The van der Waals surface area contributed by atoms with E-state index in [9.17, 15) is 15.2 Å². The summed E-state index contributed by atoms with van der Waals surface area (Å²) in [6, 6.07) is 11.2. The second-order valence-corrected chi connectivity index (χ2v) is 7.01. The Morgan fingerprint density at radius 2 is 2.10 bits per heavy atom. The smallest absolute Gasteiger partial charge is 0.262 e. The number of nitro benzene ring substituents is 1. The number of hydrogen-bond acceptors (Lipinski definition) is 9. The van der Waals surface area contributed by atoms with Crippen molar-refractivity contribution in [3.05, 3.63) is 70.8 Å².